The van der Waals surface area contributed by atoms with Crippen LogP contribution in [0.1, 0.15) is 40.6 Å². The molecule has 0 fully saturated rings. The Hall–Kier alpha value is -3.07. The van der Waals surface area contributed by atoms with Gasteiger partial charge in [-0.15, -0.1) is 21.5 Å². The molecule has 0 bridgehead atoms. The molecule has 34 heavy (non-hydrogen) atoms. The van der Waals surface area contributed by atoms with Gasteiger partial charge >= 0.3 is 0 Å². The average molecular weight is 493 g/mol. The molecular weight excluding hydrogens is 464 g/mol. The Kier molecular flexibility index (Phi) is 7.72. The summed E-state index contributed by atoms with van der Waals surface area (Å²) in [6, 6.07) is 22.3. The number of benzene rings is 2. The summed E-state index contributed by atoms with van der Waals surface area (Å²) in [6.45, 7) is 4.68. The Morgan fingerprint density at radius 1 is 1.09 bits per heavy atom. The molecule has 176 valence electrons. The maximum Gasteiger partial charge on any atom is 0.253 e. The number of anilines is 1. The van der Waals surface area contributed by atoms with Crippen molar-refractivity contribution in [2.24, 2.45) is 5.92 Å². The van der Waals surface area contributed by atoms with Crippen LogP contribution in [0.2, 0.25) is 0 Å². The summed E-state index contributed by atoms with van der Waals surface area (Å²) in [5, 5.41) is 22.5. The summed E-state index contributed by atoms with van der Waals surface area (Å²) >= 11 is 3.07. The third-order valence-electron chi connectivity index (χ3n) is 5.98. The van der Waals surface area contributed by atoms with Crippen LogP contribution in [-0.2, 0) is 0 Å². The van der Waals surface area contributed by atoms with Crippen LogP contribution in [0.4, 0.5) is 5.13 Å². The van der Waals surface area contributed by atoms with Crippen LogP contribution >= 0.6 is 22.7 Å². The van der Waals surface area contributed by atoms with Crippen LogP contribution in [0.15, 0.2) is 72.2 Å². The smallest absolute Gasteiger partial charge is 0.253 e. The maximum absolute atomic E-state index is 12.4. The second-order valence-electron chi connectivity index (χ2n) is 8.18. The van der Waals surface area contributed by atoms with E-state index in [4.69, 9.17) is 0 Å². The number of carbonyl (C=O) groups excluding carboxylic acids is 1. The summed E-state index contributed by atoms with van der Waals surface area (Å²) in [5.74, 6) is -0.104. The van der Waals surface area contributed by atoms with E-state index in [9.17, 15) is 9.90 Å². The molecule has 8 heteroatoms. The molecule has 0 aliphatic rings. The van der Waals surface area contributed by atoms with Crippen molar-refractivity contribution in [2.75, 3.05) is 18.9 Å². The minimum Gasteiger partial charge on any atom is -0.373 e. The third kappa shape index (κ3) is 5.35. The van der Waals surface area contributed by atoms with Gasteiger partial charge in [-0.2, -0.15) is 0 Å². The zero-order valence-electron chi connectivity index (χ0n) is 19.4. The minimum absolute atomic E-state index is 0.00516. The van der Waals surface area contributed by atoms with E-state index in [2.05, 4.69) is 39.8 Å². The minimum atomic E-state index is -0.787. The molecule has 3 atom stereocenters. The number of hydrogen-bond acceptors (Lipinski definition) is 7. The lowest BCUT2D eigenvalue weighted by Gasteiger charge is -2.28. The van der Waals surface area contributed by atoms with Gasteiger partial charge in [0, 0.05) is 40.7 Å². The SMILES string of the molecule is CCN(C)C(=O)c1ccc(-c2ccc(C(c3ccccc3)C(C)C(O)Nc3nncs3)s2)cc1. The van der Waals surface area contributed by atoms with Gasteiger partial charge in [0.15, 0.2) is 0 Å². The Morgan fingerprint density at radius 2 is 1.82 bits per heavy atom. The highest BCUT2D eigenvalue weighted by Gasteiger charge is 2.29. The fourth-order valence-electron chi connectivity index (χ4n) is 3.88. The van der Waals surface area contributed by atoms with Crippen LogP contribution < -0.4 is 5.32 Å². The Balaban J connectivity index is 1.60. The van der Waals surface area contributed by atoms with Gasteiger partial charge in [-0.05, 0) is 42.3 Å². The molecule has 4 rings (SSSR count). The number of amides is 1. The van der Waals surface area contributed by atoms with E-state index in [0.29, 0.717) is 17.2 Å². The molecule has 0 radical (unpaired) electrons. The van der Waals surface area contributed by atoms with Gasteiger partial charge in [-0.3, -0.25) is 4.79 Å². The van der Waals surface area contributed by atoms with E-state index in [1.165, 1.54) is 11.3 Å². The molecule has 4 aromatic rings. The number of thiophene rings is 1. The van der Waals surface area contributed by atoms with Crippen LogP contribution in [0.25, 0.3) is 10.4 Å². The number of nitrogens with zero attached hydrogens (tertiary/aromatic N) is 3. The highest BCUT2D eigenvalue weighted by Crippen LogP contribution is 2.40. The molecule has 0 spiro atoms. The van der Waals surface area contributed by atoms with Gasteiger partial charge in [-0.1, -0.05) is 60.7 Å². The van der Waals surface area contributed by atoms with Crippen molar-refractivity contribution >= 4 is 33.7 Å². The molecule has 0 aliphatic heterocycles. The summed E-state index contributed by atoms with van der Waals surface area (Å²) in [7, 11) is 1.81. The number of aromatic nitrogens is 2. The Bertz CT molecular complexity index is 1190. The first kappa shape index (κ1) is 24.1. The predicted octanol–water partition coefficient (Wildman–Crippen LogP) is 5.56. The highest BCUT2D eigenvalue weighted by atomic mass is 32.1. The monoisotopic (exact) mass is 492 g/mol. The van der Waals surface area contributed by atoms with Crippen molar-refractivity contribution in [1.29, 1.82) is 0 Å². The van der Waals surface area contributed by atoms with Crippen molar-refractivity contribution in [3.8, 4) is 10.4 Å². The second kappa shape index (κ2) is 10.9. The fraction of sp³-hybridized carbons (Fsp3) is 0.269. The lowest BCUT2D eigenvalue weighted by molar-refractivity contribution is 0.0802. The van der Waals surface area contributed by atoms with E-state index >= 15 is 0 Å². The van der Waals surface area contributed by atoms with Gasteiger partial charge in [-0.25, -0.2) is 0 Å². The second-order valence-corrected chi connectivity index (χ2v) is 10.1. The molecule has 2 aromatic carbocycles. The van der Waals surface area contributed by atoms with Crippen LogP contribution in [0, 0.1) is 5.92 Å². The molecule has 2 heterocycles. The quantitative estimate of drug-likeness (QED) is 0.299. The molecular formula is C26H28N4O2S2. The summed E-state index contributed by atoms with van der Waals surface area (Å²) < 4.78 is 0. The number of aliphatic hydroxyl groups is 1. The van der Waals surface area contributed by atoms with Crippen LogP contribution in [0.3, 0.4) is 0 Å². The first-order valence-electron chi connectivity index (χ1n) is 11.2. The number of hydrogen-bond donors (Lipinski definition) is 2. The zero-order valence-corrected chi connectivity index (χ0v) is 21.0. The number of carbonyl (C=O) groups is 1. The molecule has 3 unspecified atom stereocenters. The first-order chi connectivity index (χ1) is 16.5. The van der Waals surface area contributed by atoms with Gasteiger partial charge < -0.3 is 15.3 Å². The lowest BCUT2D eigenvalue weighted by Crippen LogP contribution is -2.31. The van der Waals surface area contributed by atoms with E-state index in [1.807, 2.05) is 56.3 Å². The van der Waals surface area contributed by atoms with Crippen molar-refractivity contribution in [2.45, 2.75) is 26.0 Å². The first-order valence-corrected chi connectivity index (χ1v) is 12.9. The fourth-order valence-corrected chi connectivity index (χ4v) is 5.61. The summed E-state index contributed by atoms with van der Waals surface area (Å²) in [5.41, 5.74) is 4.54. The summed E-state index contributed by atoms with van der Waals surface area (Å²) in [4.78, 5) is 16.4. The highest BCUT2D eigenvalue weighted by molar-refractivity contribution is 7.15. The standard InChI is InChI=1S/C26H28N4O2S2/c1-4-30(3)25(32)20-12-10-18(11-13-20)21-14-15-22(34-21)23(19-8-6-5-7-9-19)17(2)24(31)28-26-29-27-16-33-26/h5-17,23-24,31H,4H2,1-3H3,(H,28,29). The molecule has 2 aromatic heterocycles. The molecule has 0 saturated carbocycles. The van der Waals surface area contributed by atoms with Gasteiger partial charge in [0.2, 0.25) is 5.13 Å². The van der Waals surface area contributed by atoms with E-state index in [1.54, 1.807) is 28.8 Å². The Labute approximate surface area is 207 Å². The third-order valence-corrected chi connectivity index (χ3v) is 7.82. The van der Waals surface area contributed by atoms with E-state index in [0.717, 1.165) is 20.9 Å². The molecule has 2 N–H and O–H groups in total. The van der Waals surface area contributed by atoms with Crippen LogP contribution in [0.5, 0.6) is 0 Å². The Morgan fingerprint density at radius 3 is 2.47 bits per heavy atom. The van der Waals surface area contributed by atoms with Crippen molar-refractivity contribution in [3.63, 3.8) is 0 Å². The van der Waals surface area contributed by atoms with Gasteiger partial charge in [0.25, 0.3) is 5.91 Å². The maximum atomic E-state index is 12.4. The zero-order chi connectivity index (χ0) is 24.1. The largest absolute Gasteiger partial charge is 0.373 e. The number of aliphatic hydroxyl groups excluding tert-OH is 1. The van der Waals surface area contributed by atoms with Crippen molar-refractivity contribution in [3.05, 3.63) is 88.2 Å². The number of nitrogens with one attached hydrogen (secondary N) is 1. The van der Waals surface area contributed by atoms with Crippen LogP contribution in [-0.4, -0.2) is 45.9 Å². The molecule has 6 nitrogen and oxygen atoms in total. The normalized spacial score (nSPS) is 13.8. The summed E-state index contributed by atoms with van der Waals surface area (Å²) in [6.07, 6.45) is -0.787. The molecule has 0 saturated heterocycles. The van der Waals surface area contributed by atoms with Gasteiger partial charge in [0.05, 0.1) is 0 Å². The predicted molar refractivity (Wildman–Crippen MR) is 139 cm³/mol. The van der Waals surface area contributed by atoms with Crippen molar-refractivity contribution < 1.29 is 9.90 Å². The molecule has 0 aliphatic carbocycles. The number of rotatable bonds is 9. The lowest BCUT2D eigenvalue weighted by atomic mass is 9.85. The van der Waals surface area contributed by atoms with Crippen molar-refractivity contribution in [1.82, 2.24) is 15.1 Å². The topological polar surface area (TPSA) is 78.4 Å². The van der Waals surface area contributed by atoms with E-state index in [-0.39, 0.29) is 17.7 Å². The molecule has 1 amide bonds. The average Bonchev–Trinajstić information content (AvgIpc) is 3.56. The van der Waals surface area contributed by atoms with E-state index < -0.39 is 6.23 Å². The van der Waals surface area contributed by atoms with Gasteiger partial charge in [0.1, 0.15) is 11.7 Å².